The zero-order valence-corrected chi connectivity index (χ0v) is 19.8. The van der Waals surface area contributed by atoms with E-state index in [4.69, 9.17) is 4.74 Å². The van der Waals surface area contributed by atoms with E-state index in [2.05, 4.69) is 5.10 Å². The number of halogens is 2. The number of amides is 1. The number of esters is 1. The minimum atomic E-state index is -2.66. The van der Waals surface area contributed by atoms with Crippen LogP contribution in [0.25, 0.3) is 0 Å². The van der Waals surface area contributed by atoms with Crippen LogP contribution in [0.4, 0.5) is 14.5 Å². The van der Waals surface area contributed by atoms with E-state index in [-0.39, 0.29) is 31.9 Å². The van der Waals surface area contributed by atoms with Gasteiger partial charge in [0.1, 0.15) is 12.6 Å². The molecular formula is C25H30F2N4O3. The minimum absolute atomic E-state index is 0.0726. The summed E-state index contributed by atoms with van der Waals surface area (Å²) in [7, 11) is 0. The molecule has 0 N–H and O–H groups in total. The van der Waals surface area contributed by atoms with Gasteiger partial charge >= 0.3 is 5.97 Å². The van der Waals surface area contributed by atoms with Crippen molar-refractivity contribution in [3.05, 3.63) is 46.3 Å². The lowest BCUT2D eigenvalue weighted by Crippen LogP contribution is -2.58. The van der Waals surface area contributed by atoms with Gasteiger partial charge in [0.25, 0.3) is 6.43 Å². The number of piperazine rings is 1. The topological polar surface area (TPSA) is 67.7 Å². The number of carbonyl (C=O) groups is 2. The Morgan fingerprint density at radius 3 is 2.76 bits per heavy atom. The third-order valence-electron chi connectivity index (χ3n) is 7.55. The number of aryl methyl sites for hydroxylation is 1. The van der Waals surface area contributed by atoms with Crippen molar-refractivity contribution in [2.24, 2.45) is 5.92 Å². The van der Waals surface area contributed by atoms with Gasteiger partial charge in [-0.1, -0.05) is 12.1 Å². The van der Waals surface area contributed by atoms with Crippen molar-refractivity contribution < 1.29 is 23.1 Å². The monoisotopic (exact) mass is 472 g/mol. The molecule has 7 nitrogen and oxygen atoms in total. The summed E-state index contributed by atoms with van der Waals surface area (Å²) in [4.78, 5) is 28.9. The smallest absolute Gasteiger partial charge is 0.359 e. The standard InChI is InChI=1S/C25H30F2N4O3/c1-4-34-25(33)23-22-17-10-16(17)11-19(22)31(28-23)13-21(32)30-9-8-29(12-20(30)24(26)27)18-7-5-6-14(2)15(18)3/h5-7,16-17,20,24H,4,8-13H2,1-3H3/t16-,17-,20?/m1/s1. The zero-order valence-electron chi connectivity index (χ0n) is 19.8. The molecule has 1 amide bonds. The lowest BCUT2D eigenvalue weighted by molar-refractivity contribution is -0.138. The van der Waals surface area contributed by atoms with Crippen molar-refractivity contribution in [3.63, 3.8) is 0 Å². The molecule has 34 heavy (non-hydrogen) atoms. The number of hydrogen-bond acceptors (Lipinski definition) is 5. The van der Waals surface area contributed by atoms with Crippen LogP contribution in [-0.4, -0.2) is 65.3 Å². The molecule has 0 radical (unpaired) electrons. The van der Waals surface area contributed by atoms with Gasteiger partial charge in [0.05, 0.1) is 6.61 Å². The molecule has 1 aliphatic heterocycles. The number of rotatable bonds is 6. The molecule has 2 aliphatic carbocycles. The number of anilines is 1. The highest BCUT2D eigenvalue weighted by Gasteiger charge is 2.50. The summed E-state index contributed by atoms with van der Waals surface area (Å²) in [6.07, 6.45) is -0.881. The molecule has 5 rings (SSSR count). The summed E-state index contributed by atoms with van der Waals surface area (Å²) < 4.78 is 34.9. The number of carbonyl (C=O) groups excluding carboxylic acids is 2. The van der Waals surface area contributed by atoms with Crippen molar-refractivity contribution in [1.82, 2.24) is 14.7 Å². The minimum Gasteiger partial charge on any atom is -0.461 e. The second kappa shape index (κ2) is 8.67. The van der Waals surface area contributed by atoms with Gasteiger partial charge < -0.3 is 14.5 Å². The molecule has 1 saturated carbocycles. The molecule has 1 aromatic carbocycles. The molecule has 0 spiro atoms. The van der Waals surface area contributed by atoms with Gasteiger partial charge in [-0.15, -0.1) is 0 Å². The van der Waals surface area contributed by atoms with Gasteiger partial charge in [-0.3, -0.25) is 9.48 Å². The molecular weight excluding hydrogens is 442 g/mol. The van der Waals surface area contributed by atoms with Crippen LogP contribution in [0.1, 0.15) is 52.1 Å². The first-order valence-corrected chi connectivity index (χ1v) is 12.0. The molecule has 2 fully saturated rings. The fourth-order valence-corrected chi connectivity index (χ4v) is 5.52. The molecule has 9 heteroatoms. The fourth-order valence-electron chi connectivity index (χ4n) is 5.52. The number of benzene rings is 1. The van der Waals surface area contributed by atoms with E-state index >= 15 is 0 Å². The fraction of sp³-hybridized carbons (Fsp3) is 0.560. The van der Waals surface area contributed by atoms with E-state index in [1.165, 1.54) is 4.90 Å². The normalized spacial score (nSPS) is 23.2. The summed E-state index contributed by atoms with van der Waals surface area (Å²) in [5.41, 5.74) is 5.14. The molecule has 1 unspecified atom stereocenters. The number of fused-ring (bicyclic) bond motifs is 3. The molecule has 1 aromatic heterocycles. The third kappa shape index (κ3) is 3.84. The van der Waals surface area contributed by atoms with E-state index in [9.17, 15) is 18.4 Å². The Balaban J connectivity index is 1.35. The summed E-state index contributed by atoms with van der Waals surface area (Å²) in [5, 5.41) is 4.41. The van der Waals surface area contributed by atoms with Crippen LogP contribution in [-0.2, 0) is 22.5 Å². The van der Waals surface area contributed by atoms with Crippen LogP contribution >= 0.6 is 0 Å². The van der Waals surface area contributed by atoms with Crippen LogP contribution in [0.5, 0.6) is 0 Å². The highest BCUT2D eigenvalue weighted by Crippen LogP contribution is 2.57. The lowest BCUT2D eigenvalue weighted by Gasteiger charge is -2.42. The van der Waals surface area contributed by atoms with Crippen molar-refractivity contribution >= 4 is 17.6 Å². The van der Waals surface area contributed by atoms with Crippen LogP contribution in [0.3, 0.4) is 0 Å². The molecule has 2 aromatic rings. The van der Waals surface area contributed by atoms with Crippen molar-refractivity contribution in [2.75, 3.05) is 31.1 Å². The molecule has 2 heterocycles. The summed E-state index contributed by atoms with van der Waals surface area (Å²) in [6.45, 7) is 6.59. The lowest BCUT2D eigenvalue weighted by atomic mass is 10.0. The third-order valence-corrected chi connectivity index (χ3v) is 7.55. The van der Waals surface area contributed by atoms with E-state index in [0.29, 0.717) is 18.4 Å². The highest BCUT2D eigenvalue weighted by atomic mass is 19.3. The zero-order chi connectivity index (χ0) is 24.1. The largest absolute Gasteiger partial charge is 0.461 e. The number of nitrogens with zero attached hydrogens (tertiary/aromatic N) is 4. The summed E-state index contributed by atoms with van der Waals surface area (Å²) in [5.74, 6) is -0.0945. The predicted octanol–water partition coefficient (Wildman–Crippen LogP) is 3.32. The second-order valence-corrected chi connectivity index (χ2v) is 9.55. The van der Waals surface area contributed by atoms with Crippen LogP contribution in [0, 0.1) is 19.8 Å². The number of hydrogen-bond donors (Lipinski definition) is 0. The average molecular weight is 473 g/mol. The first kappa shape index (κ1) is 22.8. The maximum absolute atomic E-state index is 14.1. The van der Waals surface area contributed by atoms with E-state index in [1.807, 2.05) is 36.9 Å². The Hall–Kier alpha value is -2.97. The van der Waals surface area contributed by atoms with Crippen LogP contribution < -0.4 is 4.90 Å². The summed E-state index contributed by atoms with van der Waals surface area (Å²) in [6, 6.07) is 4.66. The van der Waals surface area contributed by atoms with E-state index in [1.54, 1.807) is 11.6 Å². The van der Waals surface area contributed by atoms with Gasteiger partial charge in [0, 0.05) is 36.6 Å². The first-order valence-electron chi connectivity index (χ1n) is 12.0. The molecule has 182 valence electrons. The quantitative estimate of drug-likeness (QED) is 0.604. The molecule has 3 aliphatic rings. The van der Waals surface area contributed by atoms with Gasteiger partial charge in [0.15, 0.2) is 5.69 Å². The average Bonchev–Trinajstić information content (AvgIpc) is 3.33. The maximum Gasteiger partial charge on any atom is 0.359 e. The second-order valence-electron chi connectivity index (χ2n) is 9.55. The Kier molecular flexibility index (Phi) is 5.81. The van der Waals surface area contributed by atoms with E-state index in [0.717, 1.165) is 40.9 Å². The van der Waals surface area contributed by atoms with E-state index < -0.39 is 24.3 Å². The Morgan fingerprint density at radius 1 is 1.24 bits per heavy atom. The van der Waals surface area contributed by atoms with Gasteiger partial charge in [-0.2, -0.15) is 5.10 Å². The van der Waals surface area contributed by atoms with Crippen LogP contribution in [0.15, 0.2) is 18.2 Å². The first-order chi connectivity index (χ1) is 16.3. The number of aromatic nitrogens is 2. The van der Waals surface area contributed by atoms with Crippen molar-refractivity contribution in [2.45, 2.75) is 58.5 Å². The number of ether oxygens (including phenoxy) is 1. The number of alkyl halides is 2. The van der Waals surface area contributed by atoms with Crippen molar-refractivity contribution in [3.8, 4) is 0 Å². The molecule has 0 bridgehead atoms. The van der Waals surface area contributed by atoms with Crippen molar-refractivity contribution in [1.29, 1.82) is 0 Å². The summed E-state index contributed by atoms with van der Waals surface area (Å²) >= 11 is 0. The van der Waals surface area contributed by atoms with Gasteiger partial charge in [0.2, 0.25) is 5.91 Å². The molecule has 1 saturated heterocycles. The van der Waals surface area contributed by atoms with Gasteiger partial charge in [-0.25, -0.2) is 13.6 Å². The van der Waals surface area contributed by atoms with Gasteiger partial charge in [-0.05, 0) is 62.6 Å². The Morgan fingerprint density at radius 2 is 2.03 bits per heavy atom. The maximum atomic E-state index is 14.1. The SMILES string of the molecule is CCOC(=O)c1nn(CC(=O)N2CCN(c3cccc(C)c3C)CC2C(F)F)c2c1[C@@H]1C[C@@H]1C2. The Labute approximate surface area is 197 Å². The molecule has 3 atom stereocenters. The predicted molar refractivity (Wildman–Crippen MR) is 122 cm³/mol. The Bertz CT molecular complexity index is 1130. The van der Waals surface area contributed by atoms with Crippen LogP contribution in [0.2, 0.25) is 0 Å². The highest BCUT2D eigenvalue weighted by molar-refractivity contribution is 5.90.